The molecule has 0 amide bonds. The molecule has 0 spiro atoms. The van der Waals surface area contributed by atoms with Gasteiger partial charge in [-0.25, -0.2) is 0 Å². The minimum atomic E-state index is -2.41. The van der Waals surface area contributed by atoms with E-state index in [0.717, 1.165) is 32.3 Å². The van der Waals surface area contributed by atoms with Crippen LogP contribution in [0, 0.1) is 0 Å². The lowest BCUT2D eigenvalue weighted by Crippen LogP contribution is -2.57. The van der Waals surface area contributed by atoms with Crippen LogP contribution in [0.2, 0.25) is 0 Å². The van der Waals surface area contributed by atoms with Crippen molar-refractivity contribution in [3.63, 3.8) is 0 Å². The number of nitrogens with one attached hydrogen (secondary N) is 1. The molecule has 1 fully saturated rings. The highest BCUT2D eigenvalue weighted by Gasteiger charge is 2.40. The van der Waals surface area contributed by atoms with Crippen LogP contribution < -0.4 is 5.32 Å². The van der Waals surface area contributed by atoms with E-state index in [1.165, 1.54) is 0 Å². The second kappa shape index (κ2) is 5.79. The van der Waals surface area contributed by atoms with E-state index >= 15 is 0 Å². The summed E-state index contributed by atoms with van der Waals surface area (Å²) in [6, 6.07) is 0. The monoisotopic (exact) mass is 220 g/mol. The van der Waals surface area contributed by atoms with Gasteiger partial charge in [-0.15, -0.1) is 0 Å². The van der Waals surface area contributed by atoms with E-state index in [9.17, 15) is 0 Å². The van der Waals surface area contributed by atoms with Gasteiger partial charge < -0.3 is 18.6 Å². The van der Waals surface area contributed by atoms with Crippen LogP contribution in [0.4, 0.5) is 0 Å². The van der Waals surface area contributed by atoms with Crippen molar-refractivity contribution >= 4 is 8.80 Å². The van der Waals surface area contributed by atoms with Gasteiger partial charge in [0.05, 0.1) is 6.17 Å². The Kier molecular flexibility index (Phi) is 5.00. The average Bonchev–Trinajstić information content (AvgIpc) is 2.28. The summed E-state index contributed by atoms with van der Waals surface area (Å²) >= 11 is 0. The zero-order chi connectivity index (χ0) is 10.4. The number of hydrogen-bond donors (Lipinski definition) is 1. The first-order valence-corrected chi connectivity index (χ1v) is 6.78. The van der Waals surface area contributed by atoms with E-state index in [1.54, 1.807) is 21.3 Å². The van der Waals surface area contributed by atoms with E-state index < -0.39 is 8.80 Å². The Morgan fingerprint density at radius 3 is 2.00 bits per heavy atom. The van der Waals surface area contributed by atoms with Gasteiger partial charge in [0, 0.05) is 47.5 Å². The highest BCUT2D eigenvalue weighted by Crippen LogP contribution is 2.08. The standard InChI is InChI=1S/C8H20N2O3Si/c1-11-14(12-2,13-3)8-10-6-4-9-5-7-10/h9H,4-8H2,1-3H3. The lowest BCUT2D eigenvalue weighted by Gasteiger charge is -2.33. The molecule has 0 saturated carbocycles. The van der Waals surface area contributed by atoms with Crippen molar-refractivity contribution < 1.29 is 13.3 Å². The Morgan fingerprint density at radius 2 is 1.57 bits per heavy atom. The van der Waals surface area contributed by atoms with Crippen molar-refractivity contribution in [2.75, 3.05) is 53.7 Å². The molecule has 0 aromatic heterocycles. The van der Waals surface area contributed by atoms with Crippen LogP contribution in [-0.4, -0.2) is 67.4 Å². The molecule has 84 valence electrons. The van der Waals surface area contributed by atoms with Gasteiger partial charge in [0.15, 0.2) is 0 Å². The number of hydrogen-bond acceptors (Lipinski definition) is 5. The molecule has 0 atom stereocenters. The first-order valence-electron chi connectivity index (χ1n) is 4.85. The van der Waals surface area contributed by atoms with Gasteiger partial charge in [-0.05, 0) is 0 Å². The largest absolute Gasteiger partial charge is 0.514 e. The molecule has 0 aromatic carbocycles. The zero-order valence-electron chi connectivity index (χ0n) is 9.21. The normalized spacial score (nSPS) is 19.9. The molecule has 1 aliphatic rings. The number of rotatable bonds is 5. The Morgan fingerprint density at radius 1 is 1.07 bits per heavy atom. The highest BCUT2D eigenvalue weighted by molar-refractivity contribution is 6.60. The molecule has 0 aliphatic carbocycles. The molecule has 0 unspecified atom stereocenters. The van der Waals surface area contributed by atoms with Crippen molar-refractivity contribution in [3.05, 3.63) is 0 Å². The quantitative estimate of drug-likeness (QED) is 0.621. The van der Waals surface area contributed by atoms with Gasteiger partial charge >= 0.3 is 8.80 Å². The first kappa shape index (κ1) is 12.1. The van der Waals surface area contributed by atoms with Crippen LogP contribution in [0.25, 0.3) is 0 Å². The molecule has 1 saturated heterocycles. The fourth-order valence-electron chi connectivity index (χ4n) is 1.59. The zero-order valence-corrected chi connectivity index (χ0v) is 10.2. The van der Waals surface area contributed by atoms with Crippen molar-refractivity contribution in [3.8, 4) is 0 Å². The third-order valence-corrected chi connectivity index (χ3v) is 5.26. The van der Waals surface area contributed by atoms with Gasteiger partial charge in [-0.2, -0.15) is 0 Å². The molecule has 1 heterocycles. The minimum absolute atomic E-state index is 0.776. The second-order valence-electron chi connectivity index (χ2n) is 3.32. The fourth-order valence-corrected chi connectivity index (χ4v) is 3.34. The van der Waals surface area contributed by atoms with Crippen molar-refractivity contribution in [1.82, 2.24) is 10.2 Å². The van der Waals surface area contributed by atoms with E-state index in [-0.39, 0.29) is 0 Å². The second-order valence-corrected chi connectivity index (χ2v) is 6.23. The Hall–Kier alpha value is 0.0169. The highest BCUT2D eigenvalue weighted by atomic mass is 28.4. The summed E-state index contributed by atoms with van der Waals surface area (Å²) in [4.78, 5) is 2.32. The smallest absolute Gasteiger partial charge is 0.376 e. The molecule has 0 bridgehead atoms. The maximum atomic E-state index is 5.37. The predicted octanol–water partition coefficient (Wildman–Crippen LogP) is -0.691. The van der Waals surface area contributed by atoms with Crippen LogP contribution in [0.15, 0.2) is 0 Å². The van der Waals surface area contributed by atoms with Crippen molar-refractivity contribution in [2.45, 2.75) is 0 Å². The fraction of sp³-hybridized carbons (Fsp3) is 1.00. The molecule has 1 aliphatic heterocycles. The summed E-state index contributed by atoms with van der Waals surface area (Å²) in [5.74, 6) is 0. The van der Waals surface area contributed by atoms with Crippen LogP contribution in [-0.2, 0) is 13.3 Å². The van der Waals surface area contributed by atoms with Crippen LogP contribution in [0.3, 0.4) is 0 Å². The molecular weight excluding hydrogens is 200 g/mol. The van der Waals surface area contributed by atoms with Crippen LogP contribution >= 0.6 is 0 Å². The van der Waals surface area contributed by atoms with Crippen molar-refractivity contribution in [2.24, 2.45) is 0 Å². The molecule has 0 aromatic rings. The van der Waals surface area contributed by atoms with E-state index in [0.29, 0.717) is 0 Å². The van der Waals surface area contributed by atoms with Gasteiger partial charge in [0.25, 0.3) is 0 Å². The van der Waals surface area contributed by atoms with Crippen LogP contribution in [0.5, 0.6) is 0 Å². The average molecular weight is 220 g/mol. The minimum Gasteiger partial charge on any atom is -0.376 e. The first-order chi connectivity index (χ1) is 6.76. The van der Waals surface area contributed by atoms with Crippen molar-refractivity contribution in [1.29, 1.82) is 0 Å². The van der Waals surface area contributed by atoms with Gasteiger partial charge in [-0.3, -0.25) is 4.90 Å². The van der Waals surface area contributed by atoms with Gasteiger partial charge in [0.1, 0.15) is 0 Å². The van der Waals surface area contributed by atoms with E-state index in [4.69, 9.17) is 13.3 Å². The molecule has 5 nitrogen and oxygen atoms in total. The van der Waals surface area contributed by atoms with E-state index in [2.05, 4.69) is 10.2 Å². The summed E-state index contributed by atoms with van der Waals surface area (Å²) in [5, 5.41) is 3.31. The summed E-state index contributed by atoms with van der Waals surface area (Å²) in [6.45, 7) is 4.12. The third kappa shape index (κ3) is 3.01. The molecule has 14 heavy (non-hydrogen) atoms. The topological polar surface area (TPSA) is 43.0 Å². The summed E-state index contributed by atoms with van der Waals surface area (Å²) in [7, 11) is 2.56. The lowest BCUT2D eigenvalue weighted by atomic mass is 10.4. The molecule has 1 N–H and O–H groups in total. The lowest BCUT2D eigenvalue weighted by molar-refractivity contribution is 0.0997. The van der Waals surface area contributed by atoms with Gasteiger partial charge in [-0.1, -0.05) is 0 Å². The van der Waals surface area contributed by atoms with Gasteiger partial charge in [0.2, 0.25) is 0 Å². The molecule has 1 rings (SSSR count). The number of piperazine rings is 1. The molecular formula is C8H20N2O3Si. The predicted molar refractivity (Wildman–Crippen MR) is 56.1 cm³/mol. The summed E-state index contributed by atoms with van der Waals surface area (Å²) < 4.78 is 16.1. The summed E-state index contributed by atoms with van der Waals surface area (Å²) in [5.41, 5.74) is 0. The SMILES string of the molecule is CO[Si](CN1CCNCC1)(OC)OC. The summed E-state index contributed by atoms with van der Waals surface area (Å²) in [6.07, 6.45) is 0.776. The van der Waals surface area contributed by atoms with E-state index in [1.807, 2.05) is 0 Å². The number of nitrogens with zero attached hydrogens (tertiary/aromatic N) is 1. The Labute approximate surface area is 86.7 Å². The van der Waals surface area contributed by atoms with Crippen LogP contribution in [0.1, 0.15) is 0 Å². The Bertz CT molecular complexity index is 152. The molecule has 6 heteroatoms. The maximum Gasteiger partial charge on any atom is 0.514 e. The third-order valence-electron chi connectivity index (χ3n) is 2.56. The molecule has 0 radical (unpaired) electrons. The maximum absolute atomic E-state index is 5.37. The Balaban J connectivity index is 2.44.